The molecule has 0 spiro atoms. The summed E-state index contributed by atoms with van der Waals surface area (Å²) in [7, 11) is 0. The highest BCUT2D eigenvalue weighted by Gasteiger charge is 2.39. The highest BCUT2D eigenvalue weighted by Crippen LogP contribution is 2.29. The van der Waals surface area contributed by atoms with Crippen molar-refractivity contribution in [3.05, 3.63) is 29.8 Å². The number of hydrogen-bond donors (Lipinski definition) is 3. The molecule has 25 heavy (non-hydrogen) atoms. The van der Waals surface area contributed by atoms with Crippen molar-refractivity contribution in [3.63, 3.8) is 0 Å². The van der Waals surface area contributed by atoms with Gasteiger partial charge >= 0.3 is 11.9 Å². The van der Waals surface area contributed by atoms with Gasteiger partial charge in [0.25, 0.3) is 0 Å². The molecule has 8 nitrogen and oxygen atoms in total. The molecule has 2 atom stereocenters. The number of carbonyl (C=O) groups is 3. The Hall–Kier alpha value is -2.74. The number of hydrogen-bond acceptors (Lipinski definition) is 6. The molecule has 8 heteroatoms. The van der Waals surface area contributed by atoms with Crippen LogP contribution in [-0.4, -0.2) is 36.8 Å². The van der Waals surface area contributed by atoms with E-state index in [1.165, 1.54) is 0 Å². The molecule has 0 bridgehead atoms. The van der Waals surface area contributed by atoms with Crippen molar-refractivity contribution in [1.29, 1.82) is 5.41 Å². The molecule has 1 aromatic rings. The molecule has 0 aliphatic carbocycles. The summed E-state index contributed by atoms with van der Waals surface area (Å²) < 4.78 is 4.62. The molecule has 1 saturated heterocycles. The van der Waals surface area contributed by atoms with E-state index in [4.69, 9.17) is 16.9 Å². The van der Waals surface area contributed by atoms with Gasteiger partial charge in [0.1, 0.15) is 5.84 Å². The van der Waals surface area contributed by atoms with Crippen LogP contribution in [0.1, 0.15) is 25.3 Å². The maximum absolute atomic E-state index is 12.8. The van der Waals surface area contributed by atoms with Crippen LogP contribution in [-0.2, 0) is 19.1 Å². The zero-order valence-corrected chi connectivity index (χ0v) is 14.0. The number of ether oxygens (including phenoxy) is 1. The van der Waals surface area contributed by atoms with Crippen molar-refractivity contribution >= 4 is 29.4 Å². The number of piperidine rings is 1. The van der Waals surface area contributed by atoms with Crippen molar-refractivity contribution in [2.24, 2.45) is 23.3 Å². The lowest BCUT2D eigenvalue weighted by Gasteiger charge is -2.35. The van der Waals surface area contributed by atoms with Crippen LogP contribution in [0.3, 0.4) is 0 Å². The van der Waals surface area contributed by atoms with Gasteiger partial charge < -0.3 is 21.1 Å². The molecule has 2 rings (SSSR count). The standard InChI is InChI=1S/C17H22N4O4/c1-10(22)25-17(24)14(9-18)13-3-2-8-21(16(13)23)12-6-4-11(5-7-12)15(19)20/h4-7,13-14H,2-3,8-9,18H2,1H3,(H3,19,20). The number of esters is 2. The van der Waals surface area contributed by atoms with Crippen molar-refractivity contribution in [2.75, 3.05) is 18.0 Å². The Labute approximate surface area is 145 Å². The molecule has 0 radical (unpaired) electrons. The van der Waals surface area contributed by atoms with E-state index < -0.39 is 23.8 Å². The summed E-state index contributed by atoms with van der Waals surface area (Å²) in [5, 5.41) is 7.41. The Balaban J connectivity index is 2.20. The van der Waals surface area contributed by atoms with Crippen LogP contribution in [0.25, 0.3) is 0 Å². The summed E-state index contributed by atoms with van der Waals surface area (Å²) in [5.41, 5.74) is 12.3. The Morgan fingerprint density at radius 1 is 1.36 bits per heavy atom. The summed E-state index contributed by atoms with van der Waals surface area (Å²) in [6.07, 6.45) is 1.21. The number of carbonyl (C=O) groups excluding carboxylic acids is 3. The third kappa shape index (κ3) is 4.21. The van der Waals surface area contributed by atoms with E-state index in [2.05, 4.69) is 4.74 Å². The first-order valence-electron chi connectivity index (χ1n) is 8.03. The van der Waals surface area contributed by atoms with Gasteiger partial charge in [0, 0.05) is 31.3 Å². The topological polar surface area (TPSA) is 140 Å². The molecule has 1 aromatic carbocycles. The van der Waals surface area contributed by atoms with Crippen molar-refractivity contribution in [1.82, 2.24) is 0 Å². The van der Waals surface area contributed by atoms with Gasteiger partial charge in [0.2, 0.25) is 5.91 Å². The van der Waals surface area contributed by atoms with Gasteiger partial charge in [0.15, 0.2) is 0 Å². The molecular weight excluding hydrogens is 324 g/mol. The molecule has 0 saturated carbocycles. The van der Waals surface area contributed by atoms with Crippen LogP contribution in [0.2, 0.25) is 0 Å². The van der Waals surface area contributed by atoms with E-state index in [1.807, 2.05) is 0 Å². The van der Waals surface area contributed by atoms with Crippen LogP contribution < -0.4 is 16.4 Å². The number of nitrogen functional groups attached to an aromatic ring is 1. The zero-order valence-electron chi connectivity index (χ0n) is 14.0. The van der Waals surface area contributed by atoms with Crippen LogP contribution in [0.4, 0.5) is 5.69 Å². The molecule has 1 heterocycles. The summed E-state index contributed by atoms with van der Waals surface area (Å²) in [6, 6.07) is 6.75. The van der Waals surface area contributed by atoms with Crippen molar-refractivity contribution in [2.45, 2.75) is 19.8 Å². The van der Waals surface area contributed by atoms with Gasteiger partial charge in [-0.3, -0.25) is 19.8 Å². The highest BCUT2D eigenvalue weighted by atomic mass is 16.6. The molecule has 1 fully saturated rings. The smallest absolute Gasteiger partial charge is 0.318 e. The van der Waals surface area contributed by atoms with E-state index in [1.54, 1.807) is 29.2 Å². The van der Waals surface area contributed by atoms with Crippen molar-refractivity contribution < 1.29 is 19.1 Å². The van der Waals surface area contributed by atoms with Gasteiger partial charge in [-0.05, 0) is 37.1 Å². The minimum atomic E-state index is -0.851. The summed E-state index contributed by atoms with van der Waals surface area (Å²) >= 11 is 0. The normalized spacial score (nSPS) is 18.6. The molecule has 0 aromatic heterocycles. The molecule has 2 unspecified atom stereocenters. The Morgan fingerprint density at radius 2 is 2.00 bits per heavy atom. The second-order valence-electron chi connectivity index (χ2n) is 5.95. The first kappa shape index (κ1) is 18.6. The number of nitrogens with zero attached hydrogens (tertiary/aromatic N) is 1. The Bertz CT molecular complexity index is 686. The van der Waals surface area contributed by atoms with E-state index in [-0.39, 0.29) is 18.3 Å². The molecule has 1 amide bonds. The molecular formula is C17H22N4O4. The van der Waals surface area contributed by atoms with Crippen LogP contribution >= 0.6 is 0 Å². The lowest BCUT2D eigenvalue weighted by Crippen LogP contribution is -2.48. The van der Waals surface area contributed by atoms with Gasteiger partial charge in [-0.1, -0.05) is 0 Å². The minimum absolute atomic E-state index is 0.0513. The van der Waals surface area contributed by atoms with Crippen LogP contribution in [0.5, 0.6) is 0 Å². The first-order chi connectivity index (χ1) is 11.8. The summed E-state index contributed by atoms with van der Waals surface area (Å²) in [6.45, 7) is 1.59. The predicted molar refractivity (Wildman–Crippen MR) is 91.9 cm³/mol. The van der Waals surface area contributed by atoms with Gasteiger partial charge in [-0.25, -0.2) is 0 Å². The number of rotatable bonds is 5. The van der Waals surface area contributed by atoms with E-state index >= 15 is 0 Å². The number of amides is 1. The molecule has 1 aliphatic rings. The lowest BCUT2D eigenvalue weighted by atomic mass is 9.84. The average Bonchev–Trinajstić information content (AvgIpc) is 2.56. The maximum Gasteiger partial charge on any atom is 0.318 e. The fourth-order valence-electron chi connectivity index (χ4n) is 3.00. The fraction of sp³-hybridized carbons (Fsp3) is 0.412. The first-order valence-corrected chi connectivity index (χ1v) is 8.03. The molecule has 1 aliphatic heterocycles. The maximum atomic E-state index is 12.8. The number of nitrogens with one attached hydrogen (secondary N) is 1. The number of anilines is 1. The van der Waals surface area contributed by atoms with E-state index in [9.17, 15) is 14.4 Å². The summed E-state index contributed by atoms with van der Waals surface area (Å²) in [5.74, 6) is -3.23. The zero-order chi connectivity index (χ0) is 18.6. The van der Waals surface area contributed by atoms with E-state index in [0.29, 0.717) is 30.6 Å². The molecule has 134 valence electrons. The quantitative estimate of drug-likeness (QED) is 0.305. The monoisotopic (exact) mass is 346 g/mol. The Kier molecular flexibility index (Phi) is 5.87. The second kappa shape index (κ2) is 7.89. The van der Waals surface area contributed by atoms with Gasteiger partial charge in [-0.15, -0.1) is 0 Å². The van der Waals surface area contributed by atoms with Crippen molar-refractivity contribution in [3.8, 4) is 0 Å². The fourth-order valence-corrected chi connectivity index (χ4v) is 3.00. The average molecular weight is 346 g/mol. The summed E-state index contributed by atoms with van der Waals surface area (Å²) in [4.78, 5) is 37.5. The minimum Gasteiger partial charge on any atom is -0.393 e. The van der Waals surface area contributed by atoms with Crippen LogP contribution in [0.15, 0.2) is 24.3 Å². The van der Waals surface area contributed by atoms with Gasteiger partial charge in [-0.2, -0.15) is 0 Å². The lowest BCUT2D eigenvalue weighted by molar-refractivity contribution is -0.163. The predicted octanol–water partition coefficient (Wildman–Crippen LogP) is 0.378. The number of nitrogens with two attached hydrogens (primary N) is 2. The highest BCUT2D eigenvalue weighted by molar-refractivity contribution is 6.00. The number of benzene rings is 1. The third-order valence-corrected chi connectivity index (χ3v) is 4.26. The molecule has 5 N–H and O–H groups in total. The largest absolute Gasteiger partial charge is 0.393 e. The van der Waals surface area contributed by atoms with Gasteiger partial charge in [0.05, 0.1) is 11.8 Å². The second-order valence-corrected chi connectivity index (χ2v) is 5.95. The third-order valence-electron chi connectivity index (χ3n) is 4.26. The van der Waals surface area contributed by atoms with Crippen LogP contribution in [0, 0.1) is 17.2 Å². The number of amidine groups is 1. The van der Waals surface area contributed by atoms with E-state index in [0.717, 1.165) is 6.92 Å². The Morgan fingerprint density at radius 3 is 2.52 bits per heavy atom. The SMILES string of the molecule is CC(=O)OC(=O)C(CN)C1CCCN(c2ccc(C(=N)N)cc2)C1=O.